The lowest BCUT2D eigenvalue weighted by Gasteiger charge is -2.29. The normalized spacial score (nSPS) is 12.7. The number of aryl methyl sites for hydroxylation is 1. The van der Waals surface area contributed by atoms with E-state index in [1.807, 2.05) is 0 Å². The first-order chi connectivity index (χ1) is 9.08. The summed E-state index contributed by atoms with van der Waals surface area (Å²) < 4.78 is 0. The Balaban J connectivity index is 2.61. The van der Waals surface area contributed by atoms with Gasteiger partial charge in [0, 0.05) is 25.3 Å². The van der Waals surface area contributed by atoms with Crippen molar-refractivity contribution in [1.29, 1.82) is 0 Å². The lowest BCUT2D eigenvalue weighted by Crippen LogP contribution is -2.43. The number of nitrogens with zero attached hydrogens (tertiary/aromatic N) is 1. The second-order valence-electron chi connectivity index (χ2n) is 5.71. The van der Waals surface area contributed by atoms with Gasteiger partial charge in [0.2, 0.25) is 0 Å². The molecule has 0 heterocycles. The lowest BCUT2D eigenvalue weighted by molar-refractivity contribution is 0.402. The van der Waals surface area contributed by atoms with Crippen LogP contribution in [0.4, 0.5) is 5.69 Å². The van der Waals surface area contributed by atoms with E-state index < -0.39 is 0 Å². The SMILES string of the molecule is CCCNC(CN(C)c1ccc(CC)cc1)C(C)C. The zero-order valence-corrected chi connectivity index (χ0v) is 13.2. The minimum atomic E-state index is 0.552. The van der Waals surface area contributed by atoms with Gasteiger partial charge in [0.1, 0.15) is 0 Å². The van der Waals surface area contributed by atoms with Crippen LogP contribution in [0.2, 0.25) is 0 Å². The number of nitrogens with one attached hydrogen (secondary N) is 1. The molecule has 2 heteroatoms. The van der Waals surface area contributed by atoms with E-state index in [-0.39, 0.29) is 0 Å². The van der Waals surface area contributed by atoms with Crippen LogP contribution in [0, 0.1) is 5.92 Å². The average molecular weight is 262 g/mol. The fraction of sp³-hybridized carbons (Fsp3) is 0.647. The first-order valence-corrected chi connectivity index (χ1v) is 7.61. The summed E-state index contributed by atoms with van der Waals surface area (Å²) in [5.41, 5.74) is 2.71. The molecule has 0 aliphatic rings. The molecule has 1 unspecified atom stereocenters. The molecule has 0 aliphatic heterocycles. The number of hydrogen-bond donors (Lipinski definition) is 1. The number of rotatable bonds is 8. The number of likely N-dealkylation sites (N-methyl/N-ethyl adjacent to an activating group) is 1. The molecule has 0 fully saturated rings. The van der Waals surface area contributed by atoms with Crippen LogP contribution in [0.3, 0.4) is 0 Å². The van der Waals surface area contributed by atoms with Crippen molar-refractivity contribution in [1.82, 2.24) is 5.32 Å². The van der Waals surface area contributed by atoms with Gasteiger partial charge in [-0.05, 0) is 43.0 Å². The van der Waals surface area contributed by atoms with Crippen molar-refractivity contribution in [2.24, 2.45) is 5.92 Å². The molecule has 0 amide bonds. The van der Waals surface area contributed by atoms with Gasteiger partial charge in [0.05, 0.1) is 0 Å². The Bertz CT molecular complexity index is 343. The van der Waals surface area contributed by atoms with E-state index in [4.69, 9.17) is 0 Å². The Morgan fingerprint density at radius 3 is 2.21 bits per heavy atom. The number of benzene rings is 1. The molecule has 1 atom stereocenters. The van der Waals surface area contributed by atoms with Gasteiger partial charge in [-0.25, -0.2) is 0 Å². The average Bonchev–Trinajstić information content (AvgIpc) is 2.43. The molecule has 1 aromatic carbocycles. The molecular weight excluding hydrogens is 232 g/mol. The van der Waals surface area contributed by atoms with Crippen molar-refractivity contribution in [2.45, 2.75) is 46.6 Å². The van der Waals surface area contributed by atoms with Crippen molar-refractivity contribution in [3.05, 3.63) is 29.8 Å². The van der Waals surface area contributed by atoms with Crippen LogP contribution in [0.25, 0.3) is 0 Å². The van der Waals surface area contributed by atoms with E-state index >= 15 is 0 Å². The maximum absolute atomic E-state index is 3.65. The van der Waals surface area contributed by atoms with Crippen molar-refractivity contribution in [3.63, 3.8) is 0 Å². The van der Waals surface area contributed by atoms with E-state index in [2.05, 4.69) is 69.2 Å². The summed E-state index contributed by atoms with van der Waals surface area (Å²) in [5, 5.41) is 3.65. The predicted octanol–water partition coefficient (Wildman–Crippen LogP) is 3.71. The van der Waals surface area contributed by atoms with Crippen LogP contribution in [0.15, 0.2) is 24.3 Å². The van der Waals surface area contributed by atoms with Gasteiger partial charge < -0.3 is 10.2 Å². The Kier molecular flexibility index (Phi) is 6.93. The Labute approximate surface area is 119 Å². The zero-order chi connectivity index (χ0) is 14.3. The molecule has 0 spiro atoms. The molecule has 0 bridgehead atoms. The minimum Gasteiger partial charge on any atom is -0.373 e. The van der Waals surface area contributed by atoms with Crippen LogP contribution in [-0.2, 0) is 6.42 Å². The van der Waals surface area contributed by atoms with Crippen LogP contribution in [-0.4, -0.2) is 26.2 Å². The molecule has 0 aromatic heterocycles. The van der Waals surface area contributed by atoms with Gasteiger partial charge in [-0.15, -0.1) is 0 Å². The molecule has 2 nitrogen and oxygen atoms in total. The largest absolute Gasteiger partial charge is 0.373 e. The fourth-order valence-corrected chi connectivity index (χ4v) is 2.23. The van der Waals surface area contributed by atoms with Crippen LogP contribution in [0.5, 0.6) is 0 Å². The van der Waals surface area contributed by atoms with Crippen LogP contribution < -0.4 is 10.2 Å². The van der Waals surface area contributed by atoms with Crippen LogP contribution in [0.1, 0.15) is 39.7 Å². The molecular formula is C17H30N2. The van der Waals surface area contributed by atoms with Gasteiger partial charge >= 0.3 is 0 Å². The summed E-state index contributed by atoms with van der Waals surface area (Å²) >= 11 is 0. The Morgan fingerprint density at radius 1 is 1.11 bits per heavy atom. The van der Waals surface area contributed by atoms with Crippen molar-refractivity contribution in [3.8, 4) is 0 Å². The Morgan fingerprint density at radius 2 is 1.74 bits per heavy atom. The van der Waals surface area contributed by atoms with E-state index in [1.165, 1.54) is 17.7 Å². The lowest BCUT2D eigenvalue weighted by atomic mass is 10.0. The third-order valence-electron chi connectivity index (χ3n) is 3.72. The first kappa shape index (κ1) is 16.0. The zero-order valence-electron chi connectivity index (χ0n) is 13.2. The molecule has 108 valence electrons. The van der Waals surface area contributed by atoms with Gasteiger partial charge in [0.15, 0.2) is 0 Å². The van der Waals surface area contributed by atoms with E-state index in [0.29, 0.717) is 12.0 Å². The Hall–Kier alpha value is -1.02. The summed E-state index contributed by atoms with van der Waals surface area (Å²) in [6.45, 7) is 11.2. The molecule has 0 aliphatic carbocycles. The van der Waals surface area contributed by atoms with E-state index in [0.717, 1.165) is 19.5 Å². The third kappa shape index (κ3) is 5.23. The number of anilines is 1. The first-order valence-electron chi connectivity index (χ1n) is 7.61. The topological polar surface area (TPSA) is 15.3 Å². The molecule has 19 heavy (non-hydrogen) atoms. The highest BCUT2D eigenvalue weighted by molar-refractivity contribution is 5.47. The molecule has 0 saturated carbocycles. The van der Waals surface area contributed by atoms with Crippen molar-refractivity contribution >= 4 is 5.69 Å². The summed E-state index contributed by atoms with van der Waals surface area (Å²) in [5.74, 6) is 0.656. The highest BCUT2D eigenvalue weighted by atomic mass is 15.1. The fourth-order valence-electron chi connectivity index (χ4n) is 2.23. The maximum Gasteiger partial charge on any atom is 0.0364 e. The molecule has 0 saturated heterocycles. The predicted molar refractivity (Wildman–Crippen MR) is 86.0 cm³/mol. The minimum absolute atomic E-state index is 0.552. The highest BCUT2D eigenvalue weighted by Gasteiger charge is 2.14. The van der Waals surface area contributed by atoms with Gasteiger partial charge in [-0.3, -0.25) is 0 Å². The number of hydrogen-bond acceptors (Lipinski definition) is 2. The van der Waals surface area contributed by atoms with E-state index in [1.54, 1.807) is 0 Å². The highest BCUT2D eigenvalue weighted by Crippen LogP contribution is 2.16. The standard InChI is InChI=1S/C17H30N2/c1-6-12-18-17(14(3)4)13-19(5)16-10-8-15(7-2)9-11-16/h8-11,14,17-18H,6-7,12-13H2,1-5H3. The van der Waals surface area contributed by atoms with Crippen molar-refractivity contribution in [2.75, 3.05) is 25.0 Å². The molecule has 1 rings (SSSR count). The van der Waals surface area contributed by atoms with Crippen molar-refractivity contribution < 1.29 is 0 Å². The van der Waals surface area contributed by atoms with Gasteiger partial charge in [-0.1, -0.05) is 39.8 Å². The second kappa shape index (κ2) is 8.21. The molecule has 1 N–H and O–H groups in total. The smallest absolute Gasteiger partial charge is 0.0364 e. The summed E-state index contributed by atoms with van der Waals surface area (Å²) in [4.78, 5) is 2.35. The summed E-state index contributed by atoms with van der Waals surface area (Å²) in [6, 6.07) is 9.48. The van der Waals surface area contributed by atoms with Gasteiger partial charge in [-0.2, -0.15) is 0 Å². The maximum atomic E-state index is 3.65. The monoisotopic (exact) mass is 262 g/mol. The van der Waals surface area contributed by atoms with E-state index in [9.17, 15) is 0 Å². The van der Waals surface area contributed by atoms with Gasteiger partial charge in [0.25, 0.3) is 0 Å². The second-order valence-corrected chi connectivity index (χ2v) is 5.71. The molecule has 0 radical (unpaired) electrons. The van der Waals surface area contributed by atoms with Crippen LogP contribution >= 0.6 is 0 Å². The quantitative estimate of drug-likeness (QED) is 0.768. The molecule has 1 aromatic rings. The summed E-state index contributed by atoms with van der Waals surface area (Å²) in [7, 11) is 2.18. The third-order valence-corrected chi connectivity index (χ3v) is 3.72. The summed E-state index contributed by atoms with van der Waals surface area (Å²) in [6.07, 6.45) is 2.30.